The summed E-state index contributed by atoms with van der Waals surface area (Å²) in [5, 5.41) is 1.28. The second-order valence-electron chi connectivity index (χ2n) is 2.16. The van der Waals surface area contributed by atoms with Crippen molar-refractivity contribution in [2.45, 2.75) is 6.92 Å². The molecule has 0 spiro atoms. The molecular weight excluding hydrogens is 167 g/mol. The summed E-state index contributed by atoms with van der Waals surface area (Å²) in [4.78, 5) is 0. The van der Waals surface area contributed by atoms with Gasteiger partial charge in [-0.1, -0.05) is 29.3 Å². The molecule has 0 saturated heterocycles. The lowest BCUT2D eigenvalue weighted by molar-refractivity contribution is 1.44. The van der Waals surface area contributed by atoms with Crippen LogP contribution >= 0.6 is 23.2 Å². The molecule has 0 atom stereocenters. The third-order valence-electron chi connectivity index (χ3n) is 1.38. The Morgan fingerprint density at radius 1 is 1.30 bits per heavy atom. The van der Waals surface area contributed by atoms with E-state index >= 15 is 0 Å². The molecule has 0 aromatic heterocycles. The van der Waals surface area contributed by atoms with Crippen LogP contribution in [0.25, 0.3) is 0 Å². The summed E-state index contributed by atoms with van der Waals surface area (Å²) < 4.78 is 0. The van der Waals surface area contributed by atoms with Crippen LogP contribution in [0.2, 0.25) is 10.0 Å². The van der Waals surface area contributed by atoms with Gasteiger partial charge in [0.2, 0.25) is 0 Å². The molecule has 53 valence electrons. The molecule has 2 heteroatoms. The number of hydrogen-bond acceptors (Lipinski definition) is 0. The second-order valence-corrected chi connectivity index (χ2v) is 2.94. The van der Waals surface area contributed by atoms with E-state index in [4.69, 9.17) is 23.2 Å². The highest BCUT2D eigenvalue weighted by Gasteiger charge is 2.01. The van der Waals surface area contributed by atoms with E-state index in [1.54, 1.807) is 6.07 Å². The molecule has 0 amide bonds. The standard InChI is InChI=1S/C8H7Cl2/c1-5-3-4-7(9)6(2)8(5)10/h3-4H,2H2,1H3. The zero-order valence-electron chi connectivity index (χ0n) is 5.62. The van der Waals surface area contributed by atoms with Crippen molar-refractivity contribution in [3.05, 3.63) is 40.2 Å². The number of halogens is 2. The number of hydrogen-bond donors (Lipinski definition) is 0. The highest BCUT2D eigenvalue weighted by molar-refractivity contribution is 6.36. The highest BCUT2D eigenvalue weighted by atomic mass is 35.5. The first kappa shape index (κ1) is 7.90. The van der Waals surface area contributed by atoms with E-state index in [-0.39, 0.29) is 0 Å². The van der Waals surface area contributed by atoms with E-state index in [1.165, 1.54) is 0 Å². The molecule has 1 aromatic rings. The van der Waals surface area contributed by atoms with Crippen molar-refractivity contribution >= 4 is 23.2 Å². The minimum atomic E-state index is 0.621. The molecule has 1 rings (SSSR count). The van der Waals surface area contributed by atoms with Crippen LogP contribution in [0.3, 0.4) is 0 Å². The van der Waals surface area contributed by atoms with Crippen LogP contribution in [-0.4, -0.2) is 0 Å². The van der Waals surface area contributed by atoms with Gasteiger partial charge in [-0.3, -0.25) is 0 Å². The van der Waals surface area contributed by atoms with Crippen LogP contribution in [0.1, 0.15) is 11.1 Å². The van der Waals surface area contributed by atoms with E-state index in [0.29, 0.717) is 15.6 Å². The van der Waals surface area contributed by atoms with Crippen molar-refractivity contribution in [2.24, 2.45) is 0 Å². The lowest BCUT2D eigenvalue weighted by Crippen LogP contribution is -1.80. The van der Waals surface area contributed by atoms with Crippen LogP contribution in [0.5, 0.6) is 0 Å². The zero-order chi connectivity index (χ0) is 7.72. The number of benzene rings is 1. The molecule has 0 aliphatic heterocycles. The summed E-state index contributed by atoms with van der Waals surface area (Å²) in [6, 6.07) is 3.67. The topological polar surface area (TPSA) is 0 Å². The molecule has 1 aromatic carbocycles. The summed E-state index contributed by atoms with van der Waals surface area (Å²) in [5.41, 5.74) is 1.72. The zero-order valence-corrected chi connectivity index (χ0v) is 7.13. The van der Waals surface area contributed by atoms with Crippen LogP contribution < -0.4 is 0 Å². The van der Waals surface area contributed by atoms with Crippen LogP contribution in [-0.2, 0) is 0 Å². The first-order valence-corrected chi connectivity index (χ1v) is 3.65. The lowest BCUT2D eigenvalue weighted by atomic mass is 10.2. The van der Waals surface area contributed by atoms with Gasteiger partial charge in [-0.25, -0.2) is 0 Å². The third-order valence-corrected chi connectivity index (χ3v) is 2.26. The van der Waals surface area contributed by atoms with Gasteiger partial charge in [0.05, 0.1) is 0 Å². The van der Waals surface area contributed by atoms with Crippen molar-refractivity contribution < 1.29 is 0 Å². The Labute approximate surface area is 70.8 Å². The Hall–Kier alpha value is -0.200. The van der Waals surface area contributed by atoms with E-state index in [1.807, 2.05) is 13.0 Å². The van der Waals surface area contributed by atoms with Crippen molar-refractivity contribution in [1.29, 1.82) is 0 Å². The van der Waals surface area contributed by atoms with Gasteiger partial charge in [-0.05, 0) is 31.0 Å². The number of aryl methyl sites for hydroxylation is 1. The number of rotatable bonds is 0. The minimum Gasteiger partial charge on any atom is -0.0840 e. The maximum absolute atomic E-state index is 5.84. The van der Waals surface area contributed by atoms with Gasteiger partial charge in [0.15, 0.2) is 0 Å². The molecule has 0 aliphatic rings. The monoisotopic (exact) mass is 173 g/mol. The van der Waals surface area contributed by atoms with Gasteiger partial charge in [0.1, 0.15) is 0 Å². The fourth-order valence-electron chi connectivity index (χ4n) is 0.715. The Balaban J connectivity index is 3.34. The molecule has 0 nitrogen and oxygen atoms in total. The predicted octanol–water partition coefficient (Wildman–Crippen LogP) is 3.48. The van der Waals surface area contributed by atoms with Crippen LogP contribution in [0.4, 0.5) is 0 Å². The summed E-state index contributed by atoms with van der Waals surface area (Å²) in [5.74, 6) is 0. The van der Waals surface area contributed by atoms with Crippen LogP contribution in [0, 0.1) is 13.8 Å². The van der Waals surface area contributed by atoms with Gasteiger partial charge >= 0.3 is 0 Å². The van der Waals surface area contributed by atoms with E-state index in [0.717, 1.165) is 5.56 Å². The minimum absolute atomic E-state index is 0.621. The molecule has 0 fully saturated rings. The Morgan fingerprint density at radius 3 is 2.40 bits per heavy atom. The molecular formula is C8H7Cl2. The van der Waals surface area contributed by atoms with Crippen molar-refractivity contribution in [2.75, 3.05) is 0 Å². The second kappa shape index (κ2) is 2.81. The van der Waals surface area contributed by atoms with Gasteiger partial charge in [0.25, 0.3) is 0 Å². The molecule has 0 heterocycles. The first-order chi connectivity index (χ1) is 4.63. The van der Waals surface area contributed by atoms with Crippen molar-refractivity contribution in [3.8, 4) is 0 Å². The highest BCUT2D eigenvalue weighted by Crippen LogP contribution is 2.26. The molecule has 0 aliphatic carbocycles. The molecule has 0 saturated carbocycles. The third kappa shape index (κ3) is 1.28. The fraction of sp³-hybridized carbons (Fsp3) is 0.125. The maximum atomic E-state index is 5.84. The SMILES string of the molecule is [CH2]c1c(Cl)ccc(C)c1Cl. The largest absolute Gasteiger partial charge is 0.0840 e. The summed E-state index contributed by atoms with van der Waals surface area (Å²) in [6.45, 7) is 5.64. The van der Waals surface area contributed by atoms with Gasteiger partial charge in [-0.2, -0.15) is 0 Å². The Kier molecular flexibility index (Phi) is 2.22. The van der Waals surface area contributed by atoms with Gasteiger partial charge in [0, 0.05) is 10.0 Å². The molecule has 10 heavy (non-hydrogen) atoms. The smallest absolute Gasteiger partial charge is 0.0482 e. The van der Waals surface area contributed by atoms with Crippen LogP contribution in [0.15, 0.2) is 12.1 Å². The van der Waals surface area contributed by atoms with E-state index < -0.39 is 0 Å². The average Bonchev–Trinajstić information content (AvgIpc) is 1.93. The normalized spacial score (nSPS) is 10.0. The summed E-state index contributed by atoms with van der Waals surface area (Å²) in [6.07, 6.45) is 0. The lowest BCUT2D eigenvalue weighted by Gasteiger charge is -2.02. The summed E-state index contributed by atoms with van der Waals surface area (Å²) >= 11 is 11.6. The molecule has 0 bridgehead atoms. The quantitative estimate of drug-likeness (QED) is 0.564. The van der Waals surface area contributed by atoms with Gasteiger partial charge in [-0.15, -0.1) is 0 Å². The van der Waals surface area contributed by atoms with Crippen molar-refractivity contribution in [3.63, 3.8) is 0 Å². The van der Waals surface area contributed by atoms with E-state index in [2.05, 4.69) is 6.92 Å². The molecule has 1 radical (unpaired) electrons. The summed E-state index contributed by atoms with van der Waals surface area (Å²) in [7, 11) is 0. The Morgan fingerprint density at radius 2 is 1.90 bits per heavy atom. The fourth-order valence-corrected chi connectivity index (χ4v) is 1.09. The first-order valence-electron chi connectivity index (χ1n) is 2.89. The maximum Gasteiger partial charge on any atom is 0.0482 e. The predicted molar refractivity (Wildman–Crippen MR) is 45.7 cm³/mol. The molecule has 0 N–H and O–H groups in total. The van der Waals surface area contributed by atoms with E-state index in [9.17, 15) is 0 Å². The van der Waals surface area contributed by atoms with Gasteiger partial charge < -0.3 is 0 Å². The van der Waals surface area contributed by atoms with Crippen molar-refractivity contribution in [1.82, 2.24) is 0 Å². The average molecular weight is 174 g/mol. The molecule has 0 unspecified atom stereocenters. The Bertz CT molecular complexity index is 227.